The molecule has 6 heterocycles. The van der Waals surface area contributed by atoms with E-state index in [-0.39, 0.29) is 37.3 Å². The molecule has 3 aliphatic heterocycles. The van der Waals surface area contributed by atoms with E-state index in [4.69, 9.17) is 20.9 Å². The Morgan fingerprint density at radius 3 is 2.86 bits per heavy atom. The number of hydrogen-bond acceptors (Lipinski definition) is 9. The van der Waals surface area contributed by atoms with Gasteiger partial charge in [0.2, 0.25) is 11.8 Å². The van der Waals surface area contributed by atoms with Gasteiger partial charge < -0.3 is 14.6 Å². The van der Waals surface area contributed by atoms with Crippen LogP contribution >= 0.6 is 22.9 Å². The van der Waals surface area contributed by atoms with Crippen molar-refractivity contribution in [3.63, 3.8) is 0 Å². The molecule has 0 saturated carbocycles. The monoisotopic (exact) mass is 521 g/mol. The molecule has 36 heavy (non-hydrogen) atoms. The lowest BCUT2D eigenvalue weighted by molar-refractivity contribution is -0.138. The molecule has 4 aromatic rings. The van der Waals surface area contributed by atoms with Gasteiger partial charge in [-0.1, -0.05) is 16.8 Å². The standard InChI is InChI=1S/C25H20ClN5O4S/c26-13-5-12-6-19(24-16-9-27-4-3-17(16)30-35-24)34-23(12)15(7-13)22-25-18(28-11-29-22)8-14(36-25)10-31-20(32)1-2-21(31)33/h5,7-8,11,19,27H,1-4,6,9-10H2/t19-/m1/s1. The molecule has 11 heteroatoms. The van der Waals surface area contributed by atoms with Crippen molar-refractivity contribution in [2.24, 2.45) is 0 Å². The van der Waals surface area contributed by atoms with Crippen LogP contribution in [-0.2, 0) is 35.5 Å². The third kappa shape index (κ3) is 3.51. The summed E-state index contributed by atoms with van der Waals surface area (Å²) in [5, 5.41) is 8.23. The first-order valence-electron chi connectivity index (χ1n) is 11.8. The minimum absolute atomic E-state index is 0.138. The van der Waals surface area contributed by atoms with Gasteiger partial charge in [0, 0.05) is 65.4 Å². The Kier molecular flexibility index (Phi) is 5.09. The summed E-state index contributed by atoms with van der Waals surface area (Å²) < 4.78 is 13.1. The SMILES string of the molecule is O=C1CCC(=O)N1Cc1cc2ncnc(-c3cc(Cl)cc4c3O[C@@H](c3onc5c3CNCC5)C4)c2s1. The highest BCUT2D eigenvalue weighted by molar-refractivity contribution is 7.19. The van der Waals surface area contributed by atoms with Crippen LogP contribution in [0.5, 0.6) is 5.75 Å². The first-order chi connectivity index (χ1) is 17.5. The summed E-state index contributed by atoms with van der Waals surface area (Å²) in [7, 11) is 0. The number of carbonyl (C=O) groups is 2. The van der Waals surface area contributed by atoms with E-state index in [1.807, 2.05) is 18.2 Å². The van der Waals surface area contributed by atoms with Crippen LogP contribution in [0.25, 0.3) is 21.5 Å². The van der Waals surface area contributed by atoms with Gasteiger partial charge in [0.25, 0.3) is 0 Å². The van der Waals surface area contributed by atoms with Crippen LogP contribution in [0.4, 0.5) is 0 Å². The average Bonchev–Trinajstić information content (AvgIpc) is 3.65. The number of likely N-dealkylation sites (tertiary alicyclic amines) is 1. The zero-order valence-electron chi connectivity index (χ0n) is 19.0. The Hall–Kier alpha value is -3.34. The zero-order chi connectivity index (χ0) is 24.4. The molecule has 3 aliphatic rings. The van der Waals surface area contributed by atoms with E-state index in [2.05, 4.69) is 20.4 Å². The van der Waals surface area contributed by atoms with Gasteiger partial charge >= 0.3 is 0 Å². The molecule has 9 nitrogen and oxygen atoms in total. The predicted octanol–water partition coefficient (Wildman–Crippen LogP) is 3.97. The fourth-order valence-corrected chi connectivity index (χ4v) is 6.53. The summed E-state index contributed by atoms with van der Waals surface area (Å²) in [6, 6.07) is 5.69. The molecule has 0 bridgehead atoms. The maximum absolute atomic E-state index is 12.1. The summed E-state index contributed by atoms with van der Waals surface area (Å²) >= 11 is 8.02. The number of aromatic nitrogens is 3. The number of fused-ring (bicyclic) bond motifs is 3. The molecule has 1 atom stereocenters. The van der Waals surface area contributed by atoms with E-state index >= 15 is 0 Å². The van der Waals surface area contributed by atoms with Gasteiger partial charge in [-0.15, -0.1) is 11.3 Å². The molecule has 1 aromatic carbocycles. The second-order valence-electron chi connectivity index (χ2n) is 9.17. The number of benzene rings is 1. The lowest BCUT2D eigenvalue weighted by Gasteiger charge is -2.15. The quantitative estimate of drug-likeness (QED) is 0.402. The minimum atomic E-state index is -0.295. The van der Waals surface area contributed by atoms with E-state index in [1.165, 1.54) is 22.6 Å². The van der Waals surface area contributed by atoms with Crippen molar-refractivity contribution in [2.45, 2.75) is 44.9 Å². The fourth-order valence-electron chi connectivity index (χ4n) is 5.19. The maximum Gasteiger partial charge on any atom is 0.230 e. The van der Waals surface area contributed by atoms with Crippen LogP contribution in [0.3, 0.4) is 0 Å². The fraction of sp³-hybridized carbons (Fsp3) is 0.320. The molecule has 0 spiro atoms. The van der Waals surface area contributed by atoms with Gasteiger partial charge in [-0.3, -0.25) is 14.5 Å². The van der Waals surface area contributed by atoms with Crippen LogP contribution in [0.2, 0.25) is 5.02 Å². The summed E-state index contributed by atoms with van der Waals surface area (Å²) in [6.07, 6.45) is 3.21. The lowest BCUT2D eigenvalue weighted by atomic mass is 10.0. The van der Waals surface area contributed by atoms with Crippen molar-refractivity contribution in [2.75, 3.05) is 6.54 Å². The summed E-state index contributed by atoms with van der Waals surface area (Å²) in [5.41, 5.74) is 5.27. The van der Waals surface area contributed by atoms with Crippen molar-refractivity contribution >= 4 is 45.0 Å². The van der Waals surface area contributed by atoms with Crippen LogP contribution in [0.1, 0.15) is 46.4 Å². The van der Waals surface area contributed by atoms with Crippen LogP contribution in [-0.4, -0.2) is 38.4 Å². The van der Waals surface area contributed by atoms with E-state index in [0.29, 0.717) is 23.7 Å². The Bertz CT molecular complexity index is 1550. The number of amides is 2. The van der Waals surface area contributed by atoms with Crippen molar-refractivity contribution in [1.29, 1.82) is 0 Å². The van der Waals surface area contributed by atoms with Crippen LogP contribution in [0.15, 0.2) is 29.0 Å². The van der Waals surface area contributed by atoms with Crippen LogP contribution < -0.4 is 10.1 Å². The normalized spacial score (nSPS) is 19.1. The molecule has 0 unspecified atom stereocenters. The minimum Gasteiger partial charge on any atom is -0.481 e. The molecule has 1 saturated heterocycles. The van der Waals surface area contributed by atoms with E-state index < -0.39 is 0 Å². The molecule has 2 amide bonds. The number of hydrogen-bond donors (Lipinski definition) is 1. The van der Waals surface area contributed by atoms with E-state index in [9.17, 15) is 9.59 Å². The number of carbonyl (C=O) groups excluding carboxylic acids is 2. The molecular formula is C25H20ClN5O4S. The number of rotatable bonds is 4. The number of nitrogens with zero attached hydrogens (tertiary/aromatic N) is 4. The largest absolute Gasteiger partial charge is 0.481 e. The molecule has 0 radical (unpaired) electrons. The molecule has 7 rings (SSSR count). The first-order valence-corrected chi connectivity index (χ1v) is 13.0. The van der Waals surface area contributed by atoms with Crippen molar-refractivity contribution in [1.82, 2.24) is 25.3 Å². The molecular weight excluding hydrogens is 502 g/mol. The number of nitrogens with one attached hydrogen (secondary N) is 1. The number of thiophene rings is 1. The van der Waals surface area contributed by atoms with Gasteiger partial charge in [0.05, 0.1) is 28.1 Å². The molecule has 1 fully saturated rings. The van der Waals surface area contributed by atoms with Crippen molar-refractivity contribution < 1.29 is 18.8 Å². The average molecular weight is 522 g/mol. The molecule has 1 N–H and O–H groups in total. The van der Waals surface area contributed by atoms with Crippen LogP contribution in [0, 0.1) is 0 Å². The Balaban J connectivity index is 1.27. The maximum atomic E-state index is 12.1. The Morgan fingerprint density at radius 2 is 2.00 bits per heavy atom. The highest BCUT2D eigenvalue weighted by Crippen LogP contribution is 2.47. The molecule has 3 aromatic heterocycles. The summed E-state index contributed by atoms with van der Waals surface area (Å²) in [5.74, 6) is 1.20. The number of ether oxygens (including phenoxy) is 1. The van der Waals surface area contributed by atoms with Gasteiger partial charge in [-0.25, -0.2) is 9.97 Å². The summed E-state index contributed by atoms with van der Waals surface area (Å²) in [6.45, 7) is 1.84. The van der Waals surface area contributed by atoms with Gasteiger partial charge in [-0.2, -0.15) is 0 Å². The molecule has 0 aliphatic carbocycles. The zero-order valence-corrected chi connectivity index (χ0v) is 20.6. The van der Waals surface area contributed by atoms with Crippen molar-refractivity contribution in [3.05, 3.63) is 57.0 Å². The lowest BCUT2D eigenvalue weighted by Crippen LogP contribution is -2.27. The smallest absolute Gasteiger partial charge is 0.230 e. The second-order valence-corrected chi connectivity index (χ2v) is 10.7. The highest BCUT2D eigenvalue weighted by atomic mass is 35.5. The number of imide groups is 1. The first kappa shape index (κ1) is 21.9. The van der Waals surface area contributed by atoms with E-state index in [1.54, 1.807) is 0 Å². The van der Waals surface area contributed by atoms with Gasteiger partial charge in [-0.05, 0) is 18.2 Å². The van der Waals surface area contributed by atoms with Gasteiger partial charge in [0.15, 0.2) is 11.9 Å². The van der Waals surface area contributed by atoms with Gasteiger partial charge in [0.1, 0.15) is 12.1 Å². The van der Waals surface area contributed by atoms with Crippen molar-refractivity contribution in [3.8, 4) is 17.0 Å². The van der Waals surface area contributed by atoms with E-state index in [0.717, 1.165) is 62.0 Å². The Morgan fingerprint density at radius 1 is 1.14 bits per heavy atom. The summed E-state index contributed by atoms with van der Waals surface area (Å²) in [4.78, 5) is 35.4. The Labute approximate surface area is 214 Å². The predicted molar refractivity (Wildman–Crippen MR) is 132 cm³/mol. The topological polar surface area (TPSA) is 110 Å². The number of halogens is 1. The second kappa shape index (κ2) is 8.36. The highest BCUT2D eigenvalue weighted by Gasteiger charge is 2.35. The third-order valence-corrected chi connectivity index (χ3v) is 8.25. The third-order valence-electron chi connectivity index (χ3n) is 6.91. The molecule has 182 valence electrons.